The van der Waals surface area contributed by atoms with E-state index >= 15 is 0 Å². The second-order valence-corrected chi connectivity index (χ2v) is 4.96. The summed E-state index contributed by atoms with van der Waals surface area (Å²) in [6.45, 7) is 10.4. The van der Waals surface area contributed by atoms with E-state index in [1.165, 1.54) is 0 Å². The molecule has 76 valence electrons. The summed E-state index contributed by atoms with van der Waals surface area (Å²) in [7, 11) is 0. The van der Waals surface area contributed by atoms with Crippen LogP contribution in [0.25, 0.3) is 0 Å². The molecule has 0 atom stereocenters. The summed E-state index contributed by atoms with van der Waals surface area (Å²) >= 11 is 0. The lowest BCUT2D eigenvalue weighted by Crippen LogP contribution is -2.45. The van der Waals surface area contributed by atoms with E-state index in [2.05, 4.69) is 34.6 Å². The summed E-state index contributed by atoms with van der Waals surface area (Å²) in [5, 5.41) is 0. The smallest absolute Gasteiger partial charge is 0.228 e. The Morgan fingerprint density at radius 3 is 1.77 bits per heavy atom. The maximum atomic E-state index is 12.0. The first-order valence-electron chi connectivity index (χ1n) is 5.21. The van der Waals surface area contributed by atoms with Gasteiger partial charge in [-0.2, -0.15) is 0 Å². The summed E-state index contributed by atoms with van der Waals surface area (Å²) in [6, 6.07) is 0.648. The molecule has 0 heterocycles. The average molecular weight is 183 g/mol. The minimum atomic E-state index is -0.0193. The highest BCUT2D eigenvalue weighted by molar-refractivity contribution is 5.85. The number of amides is 1. The molecule has 13 heavy (non-hydrogen) atoms. The van der Waals surface area contributed by atoms with E-state index in [9.17, 15) is 4.79 Å². The van der Waals surface area contributed by atoms with E-state index in [-0.39, 0.29) is 5.41 Å². The highest BCUT2D eigenvalue weighted by atomic mass is 16.2. The van der Waals surface area contributed by atoms with Crippen molar-refractivity contribution in [2.75, 3.05) is 0 Å². The van der Waals surface area contributed by atoms with Crippen molar-refractivity contribution in [1.29, 1.82) is 0 Å². The Morgan fingerprint density at radius 1 is 1.15 bits per heavy atom. The van der Waals surface area contributed by atoms with Gasteiger partial charge in [0.1, 0.15) is 0 Å². The molecular weight excluding hydrogens is 162 g/mol. The zero-order chi connectivity index (χ0) is 10.2. The van der Waals surface area contributed by atoms with Gasteiger partial charge in [-0.3, -0.25) is 4.79 Å². The summed E-state index contributed by atoms with van der Waals surface area (Å²) in [6.07, 6.45) is 2.14. The van der Waals surface area contributed by atoms with Crippen LogP contribution >= 0.6 is 0 Å². The number of carbonyl (C=O) groups is 1. The minimum Gasteiger partial charge on any atom is -0.337 e. The van der Waals surface area contributed by atoms with Gasteiger partial charge in [-0.25, -0.2) is 0 Å². The van der Waals surface area contributed by atoms with E-state index in [0.717, 1.165) is 12.8 Å². The summed E-state index contributed by atoms with van der Waals surface area (Å²) in [5.41, 5.74) is -0.0193. The zero-order valence-corrected chi connectivity index (χ0v) is 9.42. The standard InChI is InChI=1S/C11H21NO/c1-8(2)12(9(3)4)10(13)11(5)6-7-11/h8-9H,6-7H2,1-5H3. The Hall–Kier alpha value is -0.530. The minimum absolute atomic E-state index is 0.0193. The molecule has 1 amide bonds. The molecule has 0 bridgehead atoms. The molecule has 0 aliphatic heterocycles. The fourth-order valence-electron chi connectivity index (χ4n) is 1.78. The molecule has 1 fully saturated rings. The van der Waals surface area contributed by atoms with E-state index in [1.807, 2.05) is 4.90 Å². The number of nitrogens with zero attached hydrogens (tertiary/aromatic N) is 1. The molecule has 1 saturated carbocycles. The predicted octanol–water partition coefficient (Wildman–Crippen LogP) is 2.43. The molecule has 1 aliphatic carbocycles. The Morgan fingerprint density at radius 2 is 1.54 bits per heavy atom. The molecule has 2 heteroatoms. The largest absolute Gasteiger partial charge is 0.337 e. The van der Waals surface area contributed by atoms with Crippen molar-refractivity contribution in [2.45, 2.75) is 59.5 Å². The number of hydrogen-bond donors (Lipinski definition) is 0. The van der Waals surface area contributed by atoms with Gasteiger partial charge >= 0.3 is 0 Å². The van der Waals surface area contributed by atoms with Crippen LogP contribution in [0.15, 0.2) is 0 Å². The molecule has 2 nitrogen and oxygen atoms in total. The van der Waals surface area contributed by atoms with E-state index in [4.69, 9.17) is 0 Å². The van der Waals surface area contributed by atoms with Crippen LogP contribution in [0.5, 0.6) is 0 Å². The monoisotopic (exact) mass is 183 g/mol. The lowest BCUT2D eigenvalue weighted by molar-refractivity contribution is -0.140. The molecule has 1 aliphatic rings. The number of rotatable bonds is 3. The Balaban J connectivity index is 2.70. The summed E-state index contributed by atoms with van der Waals surface area (Å²) in [5.74, 6) is 0.345. The van der Waals surface area contributed by atoms with Crippen molar-refractivity contribution in [3.05, 3.63) is 0 Å². The van der Waals surface area contributed by atoms with Crippen LogP contribution < -0.4 is 0 Å². The molecule has 0 aromatic carbocycles. The Kier molecular flexibility index (Phi) is 2.69. The fraction of sp³-hybridized carbons (Fsp3) is 0.909. The van der Waals surface area contributed by atoms with Gasteiger partial charge in [0, 0.05) is 17.5 Å². The topological polar surface area (TPSA) is 20.3 Å². The van der Waals surface area contributed by atoms with Crippen molar-refractivity contribution in [1.82, 2.24) is 4.90 Å². The van der Waals surface area contributed by atoms with Crippen LogP contribution in [-0.2, 0) is 4.79 Å². The second-order valence-electron chi connectivity index (χ2n) is 4.96. The van der Waals surface area contributed by atoms with Crippen molar-refractivity contribution in [3.8, 4) is 0 Å². The molecule has 0 radical (unpaired) electrons. The van der Waals surface area contributed by atoms with Crippen molar-refractivity contribution < 1.29 is 4.79 Å². The van der Waals surface area contributed by atoms with Crippen LogP contribution in [0.1, 0.15) is 47.5 Å². The van der Waals surface area contributed by atoms with Crippen LogP contribution in [-0.4, -0.2) is 22.9 Å². The lowest BCUT2D eigenvalue weighted by Gasteiger charge is -2.33. The average Bonchev–Trinajstić information content (AvgIpc) is 2.67. The first-order valence-corrected chi connectivity index (χ1v) is 5.21. The first-order chi connectivity index (χ1) is 5.88. The number of hydrogen-bond acceptors (Lipinski definition) is 1. The molecule has 1 rings (SSSR count). The van der Waals surface area contributed by atoms with E-state index in [1.54, 1.807) is 0 Å². The van der Waals surface area contributed by atoms with Crippen LogP contribution in [0, 0.1) is 5.41 Å². The quantitative estimate of drug-likeness (QED) is 0.658. The van der Waals surface area contributed by atoms with Crippen LogP contribution in [0.2, 0.25) is 0 Å². The predicted molar refractivity (Wildman–Crippen MR) is 54.5 cm³/mol. The van der Waals surface area contributed by atoms with Crippen molar-refractivity contribution >= 4 is 5.91 Å². The van der Waals surface area contributed by atoms with Crippen LogP contribution in [0.3, 0.4) is 0 Å². The van der Waals surface area contributed by atoms with Gasteiger partial charge in [0.25, 0.3) is 0 Å². The maximum absolute atomic E-state index is 12.0. The molecule has 0 aromatic rings. The molecular formula is C11H21NO. The number of carbonyl (C=O) groups excluding carboxylic acids is 1. The highest BCUT2D eigenvalue weighted by Crippen LogP contribution is 2.47. The highest BCUT2D eigenvalue weighted by Gasteiger charge is 2.47. The van der Waals surface area contributed by atoms with E-state index < -0.39 is 0 Å². The summed E-state index contributed by atoms with van der Waals surface area (Å²) in [4.78, 5) is 14.0. The molecule has 0 aromatic heterocycles. The third kappa shape index (κ3) is 2.04. The zero-order valence-electron chi connectivity index (χ0n) is 9.42. The third-order valence-corrected chi connectivity index (χ3v) is 2.86. The summed E-state index contributed by atoms with van der Waals surface area (Å²) < 4.78 is 0. The molecule has 0 saturated heterocycles. The van der Waals surface area contributed by atoms with Gasteiger partial charge < -0.3 is 4.90 Å². The second kappa shape index (κ2) is 3.32. The maximum Gasteiger partial charge on any atom is 0.228 e. The van der Waals surface area contributed by atoms with Gasteiger partial charge in [-0.05, 0) is 40.5 Å². The lowest BCUT2D eigenvalue weighted by atomic mass is 10.1. The Bertz CT molecular complexity index is 196. The third-order valence-electron chi connectivity index (χ3n) is 2.86. The van der Waals surface area contributed by atoms with Gasteiger partial charge in [0.05, 0.1) is 0 Å². The fourth-order valence-corrected chi connectivity index (χ4v) is 1.78. The van der Waals surface area contributed by atoms with Gasteiger partial charge in [-0.15, -0.1) is 0 Å². The van der Waals surface area contributed by atoms with Gasteiger partial charge in [0.15, 0.2) is 0 Å². The van der Waals surface area contributed by atoms with E-state index in [0.29, 0.717) is 18.0 Å². The first kappa shape index (κ1) is 10.6. The van der Waals surface area contributed by atoms with Crippen molar-refractivity contribution in [2.24, 2.45) is 5.41 Å². The SMILES string of the molecule is CC(C)N(C(=O)C1(C)CC1)C(C)C. The molecule has 0 unspecified atom stereocenters. The van der Waals surface area contributed by atoms with Gasteiger partial charge in [0.2, 0.25) is 5.91 Å². The van der Waals surface area contributed by atoms with Crippen molar-refractivity contribution in [3.63, 3.8) is 0 Å². The Labute approximate surface area is 81.3 Å². The normalized spacial score (nSPS) is 19.3. The molecule has 0 N–H and O–H groups in total. The van der Waals surface area contributed by atoms with Crippen LogP contribution in [0.4, 0.5) is 0 Å². The van der Waals surface area contributed by atoms with Gasteiger partial charge in [-0.1, -0.05) is 6.92 Å². The molecule has 0 spiro atoms.